The lowest BCUT2D eigenvalue weighted by Crippen LogP contribution is -2.18. The second-order valence-electron chi connectivity index (χ2n) is 4.04. The van der Waals surface area contributed by atoms with Crippen LogP contribution in [0, 0.1) is 0 Å². The Bertz CT molecular complexity index is 322. The molecule has 3 N–H and O–H groups in total. The number of allylic oxidation sites excluding steroid dienone is 5. The molecule has 0 radical (unpaired) electrons. The van der Waals surface area contributed by atoms with Crippen molar-refractivity contribution in [3.05, 3.63) is 47.9 Å². The van der Waals surface area contributed by atoms with Crippen LogP contribution in [-0.4, -0.2) is 6.54 Å². The molecule has 0 aromatic carbocycles. The molecule has 0 bridgehead atoms. The Balaban J connectivity index is 2.47. The first-order chi connectivity index (χ1) is 7.75. The normalized spacial score (nSPS) is 16.4. The maximum atomic E-state index is 6.08. The van der Waals surface area contributed by atoms with E-state index in [1.54, 1.807) is 0 Å². The molecule has 2 heteroatoms. The molecular formula is C14H22N2. The summed E-state index contributed by atoms with van der Waals surface area (Å²) in [6.07, 6.45) is 12.8. The minimum atomic E-state index is 0.870. The molecule has 0 heterocycles. The molecular weight excluding hydrogens is 196 g/mol. The van der Waals surface area contributed by atoms with E-state index < -0.39 is 0 Å². The summed E-state index contributed by atoms with van der Waals surface area (Å²) >= 11 is 0. The molecule has 0 aromatic rings. The van der Waals surface area contributed by atoms with Crippen molar-refractivity contribution in [1.82, 2.24) is 5.32 Å². The highest BCUT2D eigenvalue weighted by molar-refractivity contribution is 5.41. The average molecular weight is 218 g/mol. The Morgan fingerprint density at radius 3 is 3.00 bits per heavy atom. The molecule has 0 saturated carbocycles. The van der Waals surface area contributed by atoms with Crippen LogP contribution in [0.1, 0.15) is 32.6 Å². The Morgan fingerprint density at radius 1 is 1.56 bits per heavy atom. The second-order valence-corrected chi connectivity index (χ2v) is 4.04. The number of hydrogen-bond donors (Lipinski definition) is 2. The molecule has 0 unspecified atom stereocenters. The molecule has 16 heavy (non-hydrogen) atoms. The Morgan fingerprint density at radius 2 is 2.38 bits per heavy atom. The largest absolute Gasteiger partial charge is 0.397 e. The maximum absolute atomic E-state index is 6.08. The summed E-state index contributed by atoms with van der Waals surface area (Å²) in [4.78, 5) is 0. The van der Waals surface area contributed by atoms with E-state index in [1.165, 1.54) is 0 Å². The van der Waals surface area contributed by atoms with Gasteiger partial charge in [-0.1, -0.05) is 24.3 Å². The molecule has 0 spiro atoms. The van der Waals surface area contributed by atoms with E-state index in [1.807, 2.05) is 13.0 Å². The lowest BCUT2D eigenvalue weighted by atomic mass is 10.0. The molecule has 0 atom stereocenters. The first-order valence-corrected chi connectivity index (χ1v) is 5.94. The Labute approximate surface area is 98.6 Å². The highest BCUT2D eigenvalue weighted by atomic mass is 14.9. The quantitative estimate of drug-likeness (QED) is 0.531. The first-order valence-electron chi connectivity index (χ1n) is 5.94. The molecule has 88 valence electrons. The van der Waals surface area contributed by atoms with Gasteiger partial charge in [0, 0.05) is 12.2 Å². The van der Waals surface area contributed by atoms with Gasteiger partial charge in [0.25, 0.3) is 0 Å². The topological polar surface area (TPSA) is 38.0 Å². The summed E-state index contributed by atoms with van der Waals surface area (Å²) in [5, 5.41) is 3.35. The van der Waals surface area contributed by atoms with Gasteiger partial charge in [0.1, 0.15) is 0 Å². The monoisotopic (exact) mass is 218 g/mol. The number of unbranched alkanes of at least 4 members (excludes halogenated alkanes) is 1. The summed E-state index contributed by atoms with van der Waals surface area (Å²) < 4.78 is 0. The fraction of sp³-hybridized carbons (Fsp3) is 0.429. The van der Waals surface area contributed by atoms with Crippen LogP contribution in [0.3, 0.4) is 0 Å². The lowest BCUT2D eigenvalue weighted by molar-refractivity contribution is 0.728. The van der Waals surface area contributed by atoms with Crippen molar-refractivity contribution in [3.8, 4) is 0 Å². The van der Waals surface area contributed by atoms with Crippen molar-refractivity contribution in [2.75, 3.05) is 6.54 Å². The average Bonchev–Trinajstić information content (AvgIpc) is 2.34. The van der Waals surface area contributed by atoms with Gasteiger partial charge < -0.3 is 11.1 Å². The van der Waals surface area contributed by atoms with Crippen LogP contribution in [-0.2, 0) is 0 Å². The number of rotatable bonds is 6. The third-order valence-electron chi connectivity index (χ3n) is 2.69. The number of nitrogens with two attached hydrogens (primary N) is 1. The number of nitrogens with one attached hydrogen (secondary N) is 1. The van der Waals surface area contributed by atoms with Crippen LogP contribution in [0.25, 0.3) is 0 Å². The predicted molar refractivity (Wildman–Crippen MR) is 70.8 cm³/mol. The van der Waals surface area contributed by atoms with E-state index in [2.05, 4.69) is 30.1 Å². The van der Waals surface area contributed by atoms with Crippen LogP contribution in [0.4, 0.5) is 0 Å². The zero-order valence-corrected chi connectivity index (χ0v) is 10.1. The van der Waals surface area contributed by atoms with Crippen molar-refractivity contribution in [3.63, 3.8) is 0 Å². The zero-order valence-electron chi connectivity index (χ0n) is 10.1. The van der Waals surface area contributed by atoms with E-state index in [-0.39, 0.29) is 0 Å². The highest BCUT2D eigenvalue weighted by Gasteiger charge is 2.03. The third kappa shape index (κ3) is 3.97. The molecule has 0 aliphatic heterocycles. The van der Waals surface area contributed by atoms with E-state index in [4.69, 9.17) is 5.73 Å². The smallest absolute Gasteiger partial charge is 0.0574 e. The van der Waals surface area contributed by atoms with Gasteiger partial charge >= 0.3 is 0 Å². The van der Waals surface area contributed by atoms with Gasteiger partial charge in [-0.15, -0.1) is 6.58 Å². The number of hydrogen-bond acceptors (Lipinski definition) is 2. The highest BCUT2D eigenvalue weighted by Crippen LogP contribution is 2.16. The zero-order chi connectivity index (χ0) is 11.8. The molecule has 0 amide bonds. The minimum absolute atomic E-state index is 0.870. The van der Waals surface area contributed by atoms with Crippen LogP contribution in [0.2, 0.25) is 0 Å². The van der Waals surface area contributed by atoms with Gasteiger partial charge in [0.15, 0.2) is 0 Å². The van der Waals surface area contributed by atoms with Gasteiger partial charge in [0.05, 0.1) is 5.70 Å². The van der Waals surface area contributed by atoms with Crippen molar-refractivity contribution in [2.24, 2.45) is 5.73 Å². The molecule has 2 nitrogen and oxygen atoms in total. The Hall–Kier alpha value is -1.44. The van der Waals surface area contributed by atoms with E-state index in [0.717, 1.165) is 49.2 Å². The predicted octanol–water partition coefficient (Wildman–Crippen LogP) is 3.01. The first kappa shape index (κ1) is 12.6. The van der Waals surface area contributed by atoms with E-state index in [0.29, 0.717) is 0 Å². The molecule has 1 aliphatic carbocycles. The summed E-state index contributed by atoms with van der Waals surface area (Å²) in [7, 11) is 0. The summed E-state index contributed by atoms with van der Waals surface area (Å²) in [5.41, 5.74) is 9.18. The molecule has 0 saturated heterocycles. The van der Waals surface area contributed by atoms with Crippen LogP contribution >= 0.6 is 0 Å². The van der Waals surface area contributed by atoms with E-state index >= 15 is 0 Å². The van der Waals surface area contributed by atoms with Gasteiger partial charge in [-0.3, -0.25) is 0 Å². The van der Waals surface area contributed by atoms with E-state index in [9.17, 15) is 0 Å². The summed E-state index contributed by atoms with van der Waals surface area (Å²) in [6, 6.07) is 0. The van der Waals surface area contributed by atoms with Crippen molar-refractivity contribution >= 4 is 0 Å². The molecule has 1 rings (SSSR count). The maximum Gasteiger partial charge on any atom is 0.0574 e. The van der Waals surface area contributed by atoms with Crippen molar-refractivity contribution in [1.29, 1.82) is 0 Å². The fourth-order valence-electron chi connectivity index (χ4n) is 1.65. The van der Waals surface area contributed by atoms with Crippen molar-refractivity contribution < 1.29 is 0 Å². The summed E-state index contributed by atoms with van der Waals surface area (Å²) in [5.74, 6) is 0. The summed E-state index contributed by atoms with van der Waals surface area (Å²) in [6.45, 7) is 6.69. The SMILES string of the molecule is C=CCCCN/C(C)=C(\N)C1=CCCC=C1. The van der Waals surface area contributed by atoms with Gasteiger partial charge in [-0.25, -0.2) is 0 Å². The third-order valence-corrected chi connectivity index (χ3v) is 2.69. The van der Waals surface area contributed by atoms with Crippen molar-refractivity contribution in [2.45, 2.75) is 32.6 Å². The molecule has 1 aliphatic rings. The van der Waals surface area contributed by atoms with Gasteiger partial charge in [0.2, 0.25) is 0 Å². The van der Waals surface area contributed by atoms with Gasteiger partial charge in [-0.2, -0.15) is 0 Å². The Kier molecular flexibility index (Phi) is 5.48. The second kappa shape index (κ2) is 6.94. The van der Waals surface area contributed by atoms with Crippen LogP contribution in [0.5, 0.6) is 0 Å². The molecule has 0 aromatic heterocycles. The van der Waals surface area contributed by atoms with Gasteiger partial charge in [-0.05, 0) is 38.2 Å². The van der Waals surface area contributed by atoms with Crippen LogP contribution in [0.15, 0.2) is 47.9 Å². The fourth-order valence-corrected chi connectivity index (χ4v) is 1.65. The standard InChI is InChI=1S/C14H22N2/c1-3-4-8-11-16-12(2)14(15)13-9-6-5-7-10-13/h3,6,9-10,16H,1,4-5,7-8,11,15H2,2H3/b14-12-. The molecule has 0 fully saturated rings. The lowest BCUT2D eigenvalue weighted by Gasteiger charge is -2.13. The minimum Gasteiger partial charge on any atom is -0.397 e. The van der Waals surface area contributed by atoms with Crippen LogP contribution < -0.4 is 11.1 Å².